The van der Waals surface area contributed by atoms with E-state index in [4.69, 9.17) is 4.74 Å². The Morgan fingerprint density at radius 3 is 2.67 bits per heavy atom. The van der Waals surface area contributed by atoms with Gasteiger partial charge in [-0.25, -0.2) is 9.78 Å². The van der Waals surface area contributed by atoms with E-state index >= 15 is 0 Å². The summed E-state index contributed by atoms with van der Waals surface area (Å²) in [5, 5.41) is 0.592. The molecule has 110 valence electrons. The van der Waals surface area contributed by atoms with E-state index in [9.17, 15) is 9.59 Å². The van der Waals surface area contributed by atoms with Crippen molar-refractivity contribution in [2.45, 2.75) is 24.8 Å². The number of rotatable bonds is 5. The molecule has 0 aliphatic heterocycles. The molecule has 0 aliphatic carbocycles. The van der Waals surface area contributed by atoms with Gasteiger partial charge in [0.25, 0.3) is 5.56 Å². The Balaban J connectivity index is 2.00. The zero-order valence-electron chi connectivity index (χ0n) is 11.9. The molecule has 6 heteroatoms. The maximum atomic E-state index is 11.5. The van der Waals surface area contributed by atoms with E-state index < -0.39 is 0 Å². The van der Waals surface area contributed by atoms with Crippen LogP contribution in [0.25, 0.3) is 0 Å². The first-order valence-electron chi connectivity index (χ1n) is 6.55. The monoisotopic (exact) mass is 304 g/mol. The molecule has 0 amide bonds. The number of H-pyrrole nitrogens is 1. The van der Waals surface area contributed by atoms with Crippen LogP contribution in [0.1, 0.15) is 28.5 Å². The molecule has 0 fully saturated rings. The summed E-state index contributed by atoms with van der Waals surface area (Å²) in [6.07, 6.45) is 0. The van der Waals surface area contributed by atoms with Crippen molar-refractivity contribution < 1.29 is 9.53 Å². The van der Waals surface area contributed by atoms with Crippen LogP contribution in [0.3, 0.4) is 0 Å². The third kappa shape index (κ3) is 4.46. The van der Waals surface area contributed by atoms with Crippen LogP contribution in [0.15, 0.2) is 40.3 Å². The summed E-state index contributed by atoms with van der Waals surface area (Å²) in [6.45, 7) is 3.93. The fourth-order valence-electron chi connectivity index (χ4n) is 1.72. The van der Waals surface area contributed by atoms with Crippen molar-refractivity contribution in [3.8, 4) is 0 Å². The van der Waals surface area contributed by atoms with Crippen LogP contribution in [-0.2, 0) is 10.5 Å². The number of benzene rings is 1. The Kier molecular flexibility index (Phi) is 5.16. The van der Waals surface area contributed by atoms with Crippen molar-refractivity contribution in [2.24, 2.45) is 0 Å². The van der Waals surface area contributed by atoms with Crippen LogP contribution >= 0.6 is 11.8 Å². The van der Waals surface area contributed by atoms with Gasteiger partial charge in [-0.05, 0) is 31.5 Å². The van der Waals surface area contributed by atoms with Gasteiger partial charge in [-0.1, -0.05) is 23.9 Å². The number of thioether (sulfide) groups is 1. The van der Waals surface area contributed by atoms with Gasteiger partial charge in [0, 0.05) is 17.5 Å². The molecule has 5 nitrogen and oxygen atoms in total. The Morgan fingerprint density at radius 2 is 2.05 bits per heavy atom. The number of carbonyl (C=O) groups excluding carboxylic acids is 1. The van der Waals surface area contributed by atoms with Crippen LogP contribution in [-0.4, -0.2) is 22.5 Å². The minimum absolute atomic E-state index is 0.150. The van der Waals surface area contributed by atoms with Crippen molar-refractivity contribution in [3.63, 3.8) is 0 Å². The zero-order valence-corrected chi connectivity index (χ0v) is 12.7. The van der Waals surface area contributed by atoms with Crippen molar-refractivity contribution in [3.05, 3.63) is 57.5 Å². The summed E-state index contributed by atoms with van der Waals surface area (Å²) in [6, 6.07) is 8.67. The lowest BCUT2D eigenvalue weighted by atomic mass is 10.1. The van der Waals surface area contributed by atoms with E-state index in [1.54, 1.807) is 26.0 Å². The van der Waals surface area contributed by atoms with Crippen molar-refractivity contribution in [1.82, 2.24) is 9.97 Å². The minimum atomic E-state index is -0.318. The molecule has 0 spiro atoms. The lowest BCUT2D eigenvalue weighted by Crippen LogP contribution is -2.08. The molecule has 0 aliphatic rings. The number of aromatic nitrogens is 2. The fourth-order valence-corrected chi connectivity index (χ4v) is 2.60. The van der Waals surface area contributed by atoms with E-state index in [0.717, 1.165) is 5.56 Å². The summed E-state index contributed by atoms with van der Waals surface area (Å²) in [7, 11) is 0. The molecule has 21 heavy (non-hydrogen) atoms. The van der Waals surface area contributed by atoms with Crippen LogP contribution in [0.5, 0.6) is 0 Å². The molecule has 0 saturated heterocycles. The molecular weight excluding hydrogens is 288 g/mol. The number of ether oxygens (including phenoxy) is 1. The number of nitrogens with one attached hydrogen (secondary N) is 1. The lowest BCUT2D eigenvalue weighted by molar-refractivity contribution is 0.0526. The number of hydrogen-bond acceptors (Lipinski definition) is 5. The summed E-state index contributed by atoms with van der Waals surface area (Å²) in [4.78, 5) is 29.8. The first kappa shape index (κ1) is 15.3. The number of aromatic amines is 1. The van der Waals surface area contributed by atoms with Gasteiger partial charge in [-0.15, -0.1) is 0 Å². The standard InChI is InChI=1S/C15H16N2O3S/c1-3-20-14(19)12-6-4-11(5-7-12)9-21-15-16-10(2)8-13(18)17-15/h4-8H,3,9H2,1-2H3,(H,16,17,18). The average molecular weight is 304 g/mol. The number of nitrogens with zero attached hydrogens (tertiary/aromatic N) is 1. The van der Waals surface area contributed by atoms with E-state index in [1.165, 1.54) is 17.8 Å². The quantitative estimate of drug-likeness (QED) is 0.522. The number of aryl methyl sites for hydroxylation is 1. The lowest BCUT2D eigenvalue weighted by Gasteiger charge is -2.04. The smallest absolute Gasteiger partial charge is 0.338 e. The maximum Gasteiger partial charge on any atom is 0.338 e. The number of esters is 1. The molecule has 0 bridgehead atoms. The third-order valence-corrected chi connectivity index (χ3v) is 3.63. The van der Waals surface area contributed by atoms with Gasteiger partial charge in [0.05, 0.1) is 12.2 Å². The predicted octanol–water partition coefficient (Wildman–Crippen LogP) is 2.55. The Hall–Kier alpha value is -2.08. The molecule has 1 aromatic heterocycles. The predicted molar refractivity (Wildman–Crippen MR) is 81.6 cm³/mol. The summed E-state index contributed by atoms with van der Waals surface area (Å²) in [5.41, 5.74) is 2.12. The molecule has 1 aromatic carbocycles. The van der Waals surface area contributed by atoms with Crippen LogP contribution in [0.4, 0.5) is 0 Å². The van der Waals surface area contributed by atoms with E-state index in [0.29, 0.717) is 28.8 Å². The van der Waals surface area contributed by atoms with Crippen LogP contribution in [0, 0.1) is 6.92 Å². The Bertz CT molecular complexity index is 680. The molecule has 0 atom stereocenters. The Labute approximate surface area is 126 Å². The average Bonchev–Trinajstić information content (AvgIpc) is 2.45. The van der Waals surface area contributed by atoms with Gasteiger partial charge >= 0.3 is 5.97 Å². The molecule has 1 N–H and O–H groups in total. The van der Waals surface area contributed by atoms with Gasteiger partial charge in [0.15, 0.2) is 5.16 Å². The van der Waals surface area contributed by atoms with Gasteiger partial charge < -0.3 is 9.72 Å². The van der Waals surface area contributed by atoms with Crippen molar-refractivity contribution in [2.75, 3.05) is 6.61 Å². The minimum Gasteiger partial charge on any atom is -0.462 e. The van der Waals surface area contributed by atoms with Crippen LogP contribution in [0.2, 0.25) is 0 Å². The Morgan fingerprint density at radius 1 is 1.33 bits per heavy atom. The van der Waals surface area contributed by atoms with E-state index in [-0.39, 0.29) is 11.5 Å². The van der Waals surface area contributed by atoms with Crippen LogP contribution < -0.4 is 5.56 Å². The van der Waals surface area contributed by atoms with Gasteiger partial charge in [0.1, 0.15) is 0 Å². The van der Waals surface area contributed by atoms with Crippen molar-refractivity contribution >= 4 is 17.7 Å². The number of carbonyl (C=O) groups is 1. The second-order valence-electron chi connectivity index (χ2n) is 4.40. The first-order valence-corrected chi connectivity index (χ1v) is 7.54. The van der Waals surface area contributed by atoms with Gasteiger partial charge in [0.2, 0.25) is 0 Å². The molecule has 0 radical (unpaired) electrons. The largest absolute Gasteiger partial charge is 0.462 e. The summed E-state index contributed by atoms with van der Waals surface area (Å²) in [5.74, 6) is 0.344. The van der Waals surface area contributed by atoms with Gasteiger partial charge in [-0.3, -0.25) is 4.79 Å². The van der Waals surface area contributed by atoms with E-state index in [1.807, 2.05) is 12.1 Å². The SMILES string of the molecule is CCOC(=O)c1ccc(CSc2nc(C)cc(=O)[nH]2)cc1. The second kappa shape index (κ2) is 7.08. The highest BCUT2D eigenvalue weighted by molar-refractivity contribution is 7.98. The molecule has 2 aromatic rings. The highest BCUT2D eigenvalue weighted by Gasteiger charge is 2.06. The molecule has 0 saturated carbocycles. The van der Waals surface area contributed by atoms with Gasteiger partial charge in [-0.2, -0.15) is 0 Å². The fraction of sp³-hybridized carbons (Fsp3) is 0.267. The summed E-state index contributed by atoms with van der Waals surface area (Å²) < 4.78 is 4.93. The number of hydrogen-bond donors (Lipinski definition) is 1. The zero-order chi connectivity index (χ0) is 15.2. The topological polar surface area (TPSA) is 72.0 Å². The maximum absolute atomic E-state index is 11.5. The normalized spacial score (nSPS) is 10.4. The summed E-state index contributed by atoms with van der Waals surface area (Å²) >= 11 is 1.44. The van der Waals surface area contributed by atoms with Crippen molar-refractivity contribution in [1.29, 1.82) is 0 Å². The highest BCUT2D eigenvalue weighted by Crippen LogP contribution is 2.18. The molecular formula is C15H16N2O3S. The first-order chi connectivity index (χ1) is 10.1. The van der Waals surface area contributed by atoms with E-state index in [2.05, 4.69) is 9.97 Å². The molecule has 1 heterocycles. The molecule has 2 rings (SSSR count). The third-order valence-electron chi connectivity index (χ3n) is 2.69. The second-order valence-corrected chi connectivity index (χ2v) is 5.36. The highest BCUT2D eigenvalue weighted by atomic mass is 32.2. The molecule has 0 unspecified atom stereocenters.